The van der Waals surface area contributed by atoms with Crippen molar-refractivity contribution in [2.24, 2.45) is 0 Å². The molecular weight excluding hydrogens is 360 g/mol. The third-order valence-electron chi connectivity index (χ3n) is 5.08. The lowest BCUT2D eigenvalue weighted by atomic mass is 10.2. The van der Waals surface area contributed by atoms with Crippen molar-refractivity contribution in [3.05, 3.63) is 41.4 Å². The molecule has 0 N–H and O–H groups in total. The van der Waals surface area contributed by atoms with E-state index >= 15 is 0 Å². The molecule has 3 heterocycles. The van der Waals surface area contributed by atoms with Gasteiger partial charge in [-0.15, -0.1) is 11.3 Å². The molecule has 0 saturated carbocycles. The third kappa shape index (κ3) is 3.23. The van der Waals surface area contributed by atoms with Gasteiger partial charge in [0.05, 0.1) is 5.69 Å². The largest absolute Gasteiger partial charge is 0.339 e. The van der Waals surface area contributed by atoms with Gasteiger partial charge in [-0.05, 0) is 19.1 Å². The van der Waals surface area contributed by atoms with E-state index in [0.717, 1.165) is 17.2 Å². The van der Waals surface area contributed by atoms with Gasteiger partial charge in [0.2, 0.25) is 5.91 Å². The fraction of sp³-hybridized carbons (Fsp3) is 0.350. The van der Waals surface area contributed by atoms with E-state index in [9.17, 15) is 9.59 Å². The normalized spacial score (nSPS) is 14.7. The average molecular weight is 382 g/mol. The van der Waals surface area contributed by atoms with Crippen molar-refractivity contribution < 1.29 is 9.59 Å². The predicted molar refractivity (Wildman–Crippen MR) is 107 cm³/mol. The van der Waals surface area contributed by atoms with Gasteiger partial charge in [0.1, 0.15) is 10.7 Å². The summed E-state index contributed by atoms with van der Waals surface area (Å²) in [6.45, 7) is 6.81. The zero-order chi connectivity index (χ0) is 19.0. The second-order valence-corrected chi connectivity index (χ2v) is 7.53. The van der Waals surface area contributed by atoms with E-state index in [-0.39, 0.29) is 11.8 Å². The van der Waals surface area contributed by atoms with Gasteiger partial charge >= 0.3 is 0 Å². The lowest BCUT2D eigenvalue weighted by Gasteiger charge is -2.33. The molecule has 1 aliphatic heterocycles. The molecule has 1 saturated heterocycles. The van der Waals surface area contributed by atoms with Crippen LogP contribution in [0.5, 0.6) is 0 Å². The van der Waals surface area contributed by atoms with Crippen molar-refractivity contribution in [1.82, 2.24) is 19.4 Å². The highest BCUT2D eigenvalue weighted by Gasteiger charge is 2.25. The number of fused-ring (bicyclic) bond motifs is 1. The van der Waals surface area contributed by atoms with Gasteiger partial charge in [0, 0.05) is 55.9 Å². The summed E-state index contributed by atoms with van der Waals surface area (Å²) < 4.78 is 2.23. The fourth-order valence-electron chi connectivity index (χ4n) is 3.60. The Bertz CT molecular complexity index is 999. The minimum absolute atomic E-state index is 0.0557. The number of carbonyl (C=O) groups is 2. The number of hydrogen-bond acceptors (Lipinski definition) is 4. The van der Waals surface area contributed by atoms with Crippen LogP contribution in [0.15, 0.2) is 35.7 Å². The Morgan fingerprint density at radius 2 is 1.81 bits per heavy atom. The molecule has 0 bridgehead atoms. The fourth-order valence-corrected chi connectivity index (χ4v) is 4.42. The molecule has 2 amide bonds. The molecule has 0 unspecified atom stereocenters. The summed E-state index contributed by atoms with van der Waals surface area (Å²) in [6, 6.07) is 10.4. The number of rotatable bonds is 3. The first-order chi connectivity index (χ1) is 13.1. The van der Waals surface area contributed by atoms with E-state index in [2.05, 4.69) is 34.7 Å². The van der Waals surface area contributed by atoms with Crippen LogP contribution >= 0.6 is 11.3 Å². The third-order valence-corrected chi connectivity index (χ3v) is 5.95. The van der Waals surface area contributed by atoms with E-state index in [1.54, 1.807) is 16.7 Å². The van der Waals surface area contributed by atoms with Gasteiger partial charge in [0.25, 0.3) is 5.91 Å². The molecule has 0 aliphatic carbocycles. The Morgan fingerprint density at radius 1 is 1.11 bits per heavy atom. The number of aryl methyl sites for hydroxylation is 1. The topological polar surface area (TPSA) is 58.4 Å². The van der Waals surface area contributed by atoms with Gasteiger partial charge in [0.15, 0.2) is 0 Å². The lowest BCUT2D eigenvalue weighted by Crippen LogP contribution is -2.50. The number of carbonyl (C=O) groups excluding carboxylic acids is 2. The van der Waals surface area contributed by atoms with Gasteiger partial charge < -0.3 is 14.4 Å². The summed E-state index contributed by atoms with van der Waals surface area (Å²) in [7, 11) is 0. The molecule has 3 aromatic rings. The quantitative estimate of drug-likeness (QED) is 0.699. The van der Waals surface area contributed by atoms with E-state index in [1.807, 2.05) is 17.5 Å². The maximum atomic E-state index is 12.8. The zero-order valence-corrected chi connectivity index (χ0v) is 16.3. The van der Waals surface area contributed by atoms with Crippen LogP contribution in [-0.2, 0) is 11.3 Å². The molecule has 0 atom stereocenters. The molecule has 1 fully saturated rings. The minimum atomic E-state index is -0.0557. The number of hydrogen-bond donors (Lipinski definition) is 0. The number of amides is 2. The van der Waals surface area contributed by atoms with Crippen LogP contribution in [0.1, 0.15) is 24.3 Å². The Kier molecular flexibility index (Phi) is 4.70. The average Bonchev–Trinajstić information content (AvgIpc) is 3.31. The summed E-state index contributed by atoms with van der Waals surface area (Å²) in [5.74, 6) is 0.00491. The van der Waals surface area contributed by atoms with Crippen molar-refractivity contribution in [2.75, 3.05) is 26.2 Å². The maximum absolute atomic E-state index is 12.8. The number of benzene rings is 1. The highest BCUT2D eigenvalue weighted by Crippen LogP contribution is 2.30. The van der Waals surface area contributed by atoms with E-state index in [0.29, 0.717) is 31.9 Å². The van der Waals surface area contributed by atoms with Crippen molar-refractivity contribution >= 4 is 34.1 Å². The number of nitrogens with zero attached hydrogens (tertiary/aromatic N) is 4. The lowest BCUT2D eigenvalue weighted by molar-refractivity contribution is -0.130. The Hall–Kier alpha value is -2.67. The summed E-state index contributed by atoms with van der Waals surface area (Å²) >= 11 is 1.50. The van der Waals surface area contributed by atoms with Crippen LogP contribution in [-0.4, -0.2) is 57.3 Å². The van der Waals surface area contributed by atoms with Crippen molar-refractivity contribution in [1.29, 1.82) is 0 Å². The summed E-state index contributed by atoms with van der Waals surface area (Å²) in [6.07, 6.45) is 0. The van der Waals surface area contributed by atoms with Crippen molar-refractivity contribution in [3.8, 4) is 10.7 Å². The minimum Gasteiger partial charge on any atom is -0.339 e. The monoisotopic (exact) mass is 382 g/mol. The molecule has 1 aliphatic rings. The molecule has 27 heavy (non-hydrogen) atoms. The van der Waals surface area contributed by atoms with E-state index in [4.69, 9.17) is 0 Å². The number of aromatic nitrogens is 2. The van der Waals surface area contributed by atoms with Crippen molar-refractivity contribution in [2.45, 2.75) is 20.4 Å². The highest BCUT2D eigenvalue weighted by atomic mass is 32.1. The number of piperazine rings is 1. The second-order valence-electron chi connectivity index (χ2n) is 6.67. The van der Waals surface area contributed by atoms with E-state index in [1.165, 1.54) is 22.2 Å². The summed E-state index contributed by atoms with van der Waals surface area (Å²) in [5, 5.41) is 3.88. The number of para-hydroxylation sites is 1. The first-order valence-corrected chi connectivity index (χ1v) is 10.1. The second kappa shape index (κ2) is 7.15. The number of thiazole rings is 1. The molecular formula is C20H22N4O2S. The molecule has 7 heteroatoms. The predicted octanol–water partition coefficient (Wildman–Crippen LogP) is 3.09. The molecule has 2 aromatic heterocycles. The van der Waals surface area contributed by atoms with Crippen LogP contribution in [0.4, 0.5) is 0 Å². The van der Waals surface area contributed by atoms with Crippen LogP contribution in [0.3, 0.4) is 0 Å². The van der Waals surface area contributed by atoms with Crippen LogP contribution in [0.25, 0.3) is 21.6 Å². The van der Waals surface area contributed by atoms with E-state index < -0.39 is 0 Å². The first kappa shape index (κ1) is 17.7. The van der Waals surface area contributed by atoms with Gasteiger partial charge in [-0.25, -0.2) is 4.98 Å². The first-order valence-electron chi connectivity index (χ1n) is 9.17. The molecule has 4 rings (SSSR count). The molecule has 1 aromatic carbocycles. The Morgan fingerprint density at radius 3 is 2.52 bits per heavy atom. The zero-order valence-electron chi connectivity index (χ0n) is 15.5. The van der Waals surface area contributed by atoms with Gasteiger partial charge in [-0.3, -0.25) is 9.59 Å². The van der Waals surface area contributed by atoms with Crippen molar-refractivity contribution in [3.63, 3.8) is 0 Å². The smallest absolute Gasteiger partial charge is 0.273 e. The van der Waals surface area contributed by atoms with Gasteiger partial charge in [-0.1, -0.05) is 18.2 Å². The molecule has 0 radical (unpaired) electrons. The summed E-state index contributed by atoms with van der Waals surface area (Å²) in [4.78, 5) is 32.5. The maximum Gasteiger partial charge on any atom is 0.273 e. The molecule has 0 spiro atoms. The Labute approximate surface area is 162 Å². The molecule has 6 nitrogen and oxygen atoms in total. The molecule has 140 valence electrons. The standard InChI is InChI=1S/C20H22N4O2S/c1-3-24-17-7-5-4-6-15(17)12-18(24)19-21-16(13-27-19)20(26)23-10-8-22(9-11-23)14(2)25/h4-7,12-13H,3,8-11H2,1-2H3. The Balaban J connectivity index is 1.57. The highest BCUT2D eigenvalue weighted by molar-refractivity contribution is 7.13. The SMILES string of the molecule is CCn1c(-c2nc(C(=O)N3CCN(C(C)=O)CC3)cs2)cc2ccccc21. The van der Waals surface area contributed by atoms with Gasteiger partial charge in [-0.2, -0.15) is 0 Å². The van der Waals surface area contributed by atoms with Crippen LogP contribution in [0, 0.1) is 0 Å². The van der Waals surface area contributed by atoms with Crippen LogP contribution < -0.4 is 0 Å². The summed E-state index contributed by atoms with van der Waals surface area (Å²) in [5.41, 5.74) is 2.71. The van der Waals surface area contributed by atoms with Crippen LogP contribution in [0.2, 0.25) is 0 Å².